The Morgan fingerprint density at radius 1 is 1.16 bits per heavy atom. The number of benzene rings is 2. The topological polar surface area (TPSA) is 74.1 Å². The average molecular weight is 435 g/mol. The van der Waals surface area contributed by atoms with E-state index in [0.717, 1.165) is 23.4 Å². The van der Waals surface area contributed by atoms with Crippen LogP contribution < -0.4 is 5.32 Å². The zero-order valence-electron chi connectivity index (χ0n) is 18.0. The number of carbonyl (C=O) groups is 2. The van der Waals surface area contributed by atoms with Crippen molar-refractivity contribution in [2.45, 2.75) is 45.6 Å². The predicted molar refractivity (Wildman–Crippen MR) is 127 cm³/mol. The third kappa shape index (κ3) is 4.42. The molecule has 2 heterocycles. The molecule has 1 N–H and O–H groups in total. The maximum absolute atomic E-state index is 13.0. The minimum atomic E-state index is -0.384. The molecule has 0 radical (unpaired) electrons. The number of rotatable bonds is 6. The maximum Gasteiger partial charge on any atom is 0.259 e. The molecule has 6 nitrogen and oxygen atoms in total. The fourth-order valence-electron chi connectivity index (χ4n) is 3.64. The smallest absolute Gasteiger partial charge is 0.259 e. The molecule has 2 aromatic rings. The highest BCUT2D eigenvalue weighted by Gasteiger charge is 2.40. The van der Waals surface area contributed by atoms with Gasteiger partial charge in [-0.1, -0.05) is 63.2 Å². The van der Waals surface area contributed by atoms with Crippen molar-refractivity contribution in [1.29, 1.82) is 0 Å². The molecule has 2 aliphatic rings. The van der Waals surface area contributed by atoms with Gasteiger partial charge in [0, 0.05) is 11.3 Å². The quantitative estimate of drug-likeness (QED) is 0.700. The van der Waals surface area contributed by atoms with Gasteiger partial charge in [-0.05, 0) is 42.2 Å². The van der Waals surface area contributed by atoms with Crippen LogP contribution in [0.25, 0.3) is 0 Å². The Morgan fingerprint density at radius 3 is 2.61 bits per heavy atom. The van der Waals surface area contributed by atoms with Crippen LogP contribution in [-0.2, 0) is 9.59 Å². The lowest BCUT2D eigenvalue weighted by atomic mass is 10.0. The first-order valence-electron chi connectivity index (χ1n) is 10.6. The first-order valence-corrected chi connectivity index (χ1v) is 11.6. The first kappa shape index (κ1) is 21.3. The molecule has 0 aromatic heterocycles. The van der Waals surface area contributed by atoms with Crippen molar-refractivity contribution < 1.29 is 9.59 Å². The fourth-order valence-corrected chi connectivity index (χ4v) is 4.44. The van der Waals surface area contributed by atoms with Gasteiger partial charge in [-0.15, -0.1) is 0 Å². The molecule has 2 aliphatic heterocycles. The number of nitrogens with one attached hydrogen (secondary N) is 1. The number of hydrogen-bond donors (Lipinski definition) is 1. The van der Waals surface area contributed by atoms with Crippen molar-refractivity contribution in [3.8, 4) is 0 Å². The lowest BCUT2D eigenvalue weighted by Gasteiger charge is -2.25. The molecular formula is C24H26N4O2S. The van der Waals surface area contributed by atoms with E-state index in [-0.39, 0.29) is 23.6 Å². The Balaban J connectivity index is 1.49. The second-order valence-electron chi connectivity index (χ2n) is 7.96. The van der Waals surface area contributed by atoms with Crippen LogP contribution in [0, 0.1) is 0 Å². The first-order chi connectivity index (χ1) is 15.0. The summed E-state index contributed by atoms with van der Waals surface area (Å²) in [5, 5.41) is 3.42. The van der Waals surface area contributed by atoms with E-state index in [1.807, 2.05) is 55.5 Å². The van der Waals surface area contributed by atoms with Gasteiger partial charge in [0.1, 0.15) is 11.9 Å². The van der Waals surface area contributed by atoms with E-state index in [0.29, 0.717) is 23.3 Å². The van der Waals surface area contributed by atoms with Gasteiger partial charge in [-0.25, -0.2) is 9.89 Å². The largest absolute Gasteiger partial charge is 0.325 e. The Morgan fingerprint density at radius 2 is 1.90 bits per heavy atom. The van der Waals surface area contributed by atoms with Gasteiger partial charge in [0.05, 0.1) is 11.4 Å². The van der Waals surface area contributed by atoms with Crippen LogP contribution in [-0.4, -0.2) is 39.5 Å². The highest BCUT2D eigenvalue weighted by atomic mass is 32.2. The number of amides is 2. The molecule has 1 atom stereocenters. The molecule has 0 saturated heterocycles. The molecular weight excluding hydrogens is 408 g/mol. The summed E-state index contributed by atoms with van der Waals surface area (Å²) in [6.07, 6.45) is 1.58. The summed E-state index contributed by atoms with van der Waals surface area (Å²) in [5.74, 6) is 1.03. The van der Waals surface area contributed by atoms with E-state index in [4.69, 9.17) is 0 Å². The van der Waals surface area contributed by atoms with E-state index < -0.39 is 0 Å². The molecule has 1 unspecified atom stereocenters. The molecule has 0 bridgehead atoms. The van der Waals surface area contributed by atoms with Crippen LogP contribution in [0.15, 0.2) is 58.5 Å². The summed E-state index contributed by atoms with van der Waals surface area (Å²) < 4.78 is 0. The van der Waals surface area contributed by atoms with E-state index in [1.54, 1.807) is 4.90 Å². The zero-order chi connectivity index (χ0) is 22.0. The van der Waals surface area contributed by atoms with Gasteiger partial charge < -0.3 is 5.32 Å². The maximum atomic E-state index is 13.0. The van der Waals surface area contributed by atoms with E-state index in [9.17, 15) is 9.59 Å². The third-order valence-electron chi connectivity index (χ3n) is 5.30. The van der Waals surface area contributed by atoms with Gasteiger partial charge in [-0.2, -0.15) is 0 Å². The number of fused-ring (bicyclic) bond motifs is 3. The summed E-state index contributed by atoms with van der Waals surface area (Å²) in [7, 11) is 0. The second kappa shape index (κ2) is 9.06. The molecule has 2 aromatic carbocycles. The molecule has 160 valence electrons. The Bertz CT molecular complexity index is 1060. The summed E-state index contributed by atoms with van der Waals surface area (Å²) in [6, 6.07) is 15.2. The number of hydrogen-bond acceptors (Lipinski definition) is 5. The fraction of sp³-hybridized carbons (Fsp3) is 0.333. The molecule has 4 rings (SSSR count). The number of thioether (sulfide) groups is 1. The SMILES string of the molecule is CCCC1N=C2c3ccccc3N=C(SCC(=O)Nc3ccc(C(C)C)cc3)N2C1=O. The van der Waals surface area contributed by atoms with Crippen LogP contribution in [0.1, 0.15) is 50.7 Å². The summed E-state index contributed by atoms with van der Waals surface area (Å²) >= 11 is 1.26. The van der Waals surface area contributed by atoms with Crippen molar-refractivity contribution in [2.24, 2.45) is 9.98 Å². The summed E-state index contributed by atoms with van der Waals surface area (Å²) in [6.45, 7) is 6.31. The highest BCUT2D eigenvalue weighted by molar-refractivity contribution is 8.14. The Labute approximate surface area is 186 Å². The van der Waals surface area contributed by atoms with Crippen LogP contribution in [0.3, 0.4) is 0 Å². The summed E-state index contributed by atoms with van der Waals surface area (Å²) in [5.41, 5.74) is 3.61. The summed E-state index contributed by atoms with van der Waals surface area (Å²) in [4.78, 5) is 36.5. The number of para-hydroxylation sites is 1. The van der Waals surface area contributed by atoms with Gasteiger partial charge in [-0.3, -0.25) is 14.6 Å². The van der Waals surface area contributed by atoms with Crippen LogP contribution >= 0.6 is 11.8 Å². The zero-order valence-corrected chi connectivity index (χ0v) is 18.8. The minimum Gasteiger partial charge on any atom is -0.325 e. The lowest BCUT2D eigenvalue weighted by molar-refractivity contribution is -0.124. The molecule has 31 heavy (non-hydrogen) atoms. The van der Waals surface area contributed by atoms with Gasteiger partial charge in [0.2, 0.25) is 5.91 Å². The average Bonchev–Trinajstić information content (AvgIpc) is 3.09. The predicted octanol–water partition coefficient (Wildman–Crippen LogP) is 4.94. The van der Waals surface area contributed by atoms with Crippen LogP contribution in [0.2, 0.25) is 0 Å². The number of nitrogens with zero attached hydrogens (tertiary/aromatic N) is 3. The lowest BCUT2D eigenvalue weighted by Crippen LogP contribution is -2.41. The van der Waals surface area contributed by atoms with Crippen LogP contribution in [0.4, 0.5) is 11.4 Å². The number of anilines is 1. The molecule has 0 aliphatic carbocycles. The van der Waals surface area contributed by atoms with Crippen LogP contribution in [0.5, 0.6) is 0 Å². The van der Waals surface area contributed by atoms with E-state index in [1.165, 1.54) is 17.3 Å². The molecule has 7 heteroatoms. The number of aliphatic imine (C=N–C) groups is 2. The minimum absolute atomic E-state index is 0.0673. The molecule has 0 spiro atoms. The highest BCUT2D eigenvalue weighted by Crippen LogP contribution is 2.34. The molecule has 2 amide bonds. The van der Waals surface area contributed by atoms with Gasteiger partial charge in [0.25, 0.3) is 5.91 Å². The van der Waals surface area contributed by atoms with Crippen molar-refractivity contribution in [2.75, 3.05) is 11.1 Å². The molecule has 0 fully saturated rings. The normalized spacial score (nSPS) is 17.2. The van der Waals surface area contributed by atoms with Gasteiger partial charge >= 0.3 is 0 Å². The standard InChI is InChI=1S/C24H26N4O2S/c1-4-7-20-23(30)28-22(26-20)18-8-5-6-9-19(18)27-24(28)31-14-21(29)25-17-12-10-16(11-13-17)15(2)3/h5-6,8-13,15,20H,4,7,14H2,1-3H3,(H,25,29). The van der Waals surface area contributed by atoms with Crippen molar-refractivity contribution >= 4 is 46.0 Å². The monoisotopic (exact) mass is 434 g/mol. The van der Waals surface area contributed by atoms with E-state index in [2.05, 4.69) is 29.1 Å². The Hall–Kier alpha value is -2.93. The van der Waals surface area contributed by atoms with E-state index >= 15 is 0 Å². The molecule has 0 saturated carbocycles. The third-order valence-corrected chi connectivity index (χ3v) is 6.24. The number of carbonyl (C=O) groups excluding carboxylic acids is 2. The van der Waals surface area contributed by atoms with Gasteiger partial charge in [0.15, 0.2) is 5.17 Å². The second-order valence-corrected chi connectivity index (χ2v) is 8.90. The van der Waals surface area contributed by atoms with Crippen molar-refractivity contribution in [1.82, 2.24) is 4.90 Å². The van der Waals surface area contributed by atoms with Crippen molar-refractivity contribution in [3.05, 3.63) is 59.7 Å². The van der Waals surface area contributed by atoms with Crippen molar-refractivity contribution in [3.63, 3.8) is 0 Å². The Kier molecular flexibility index (Phi) is 6.23. The number of amidine groups is 2.